The SMILES string of the molecule is C#CCCCCOc1cc(C)cc(Oc2cc(-c3ccccc3)ccc2C)c1. The van der Waals surface area contributed by atoms with Gasteiger partial charge in [0.15, 0.2) is 0 Å². The first-order valence-electron chi connectivity index (χ1n) is 9.67. The van der Waals surface area contributed by atoms with Gasteiger partial charge in [-0.2, -0.15) is 0 Å². The molecule has 142 valence electrons. The molecule has 0 saturated heterocycles. The lowest BCUT2D eigenvalue weighted by Crippen LogP contribution is -1.98. The van der Waals surface area contributed by atoms with Crippen LogP contribution in [-0.2, 0) is 0 Å². The van der Waals surface area contributed by atoms with E-state index in [-0.39, 0.29) is 0 Å². The fraction of sp³-hybridized carbons (Fsp3) is 0.231. The van der Waals surface area contributed by atoms with Crippen LogP contribution < -0.4 is 9.47 Å². The van der Waals surface area contributed by atoms with Crippen molar-refractivity contribution < 1.29 is 9.47 Å². The fourth-order valence-electron chi connectivity index (χ4n) is 3.02. The molecule has 3 rings (SSSR count). The highest BCUT2D eigenvalue weighted by Gasteiger charge is 2.07. The van der Waals surface area contributed by atoms with Crippen molar-refractivity contribution in [1.82, 2.24) is 0 Å². The number of hydrogen-bond donors (Lipinski definition) is 0. The maximum absolute atomic E-state index is 6.23. The molecular weight excluding hydrogens is 344 g/mol. The van der Waals surface area contributed by atoms with Crippen molar-refractivity contribution in [2.75, 3.05) is 6.61 Å². The summed E-state index contributed by atoms with van der Waals surface area (Å²) >= 11 is 0. The van der Waals surface area contributed by atoms with Crippen LogP contribution in [0.5, 0.6) is 17.2 Å². The molecule has 0 atom stereocenters. The van der Waals surface area contributed by atoms with Crippen LogP contribution in [0, 0.1) is 26.2 Å². The number of unbranched alkanes of at least 4 members (excludes halogenated alkanes) is 2. The van der Waals surface area contributed by atoms with E-state index in [1.54, 1.807) is 0 Å². The zero-order valence-electron chi connectivity index (χ0n) is 16.6. The van der Waals surface area contributed by atoms with E-state index in [1.165, 1.54) is 5.56 Å². The summed E-state index contributed by atoms with van der Waals surface area (Å²) in [7, 11) is 0. The van der Waals surface area contributed by atoms with Crippen molar-refractivity contribution in [2.45, 2.75) is 33.1 Å². The number of terminal acetylenes is 1. The molecule has 0 aliphatic heterocycles. The van der Waals surface area contributed by atoms with E-state index in [0.717, 1.165) is 53.2 Å². The van der Waals surface area contributed by atoms with Crippen molar-refractivity contribution in [3.8, 4) is 40.7 Å². The minimum atomic E-state index is 0.660. The molecule has 3 aromatic carbocycles. The van der Waals surface area contributed by atoms with Crippen LogP contribution in [0.15, 0.2) is 66.7 Å². The first kappa shape index (κ1) is 19.6. The van der Waals surface area contributed by atoms with Gasteiger partial charge < -0.3 is 9.47 Å². The van der Waals surface area contributed by atoms with Gasteiger partial charge in [0, 0.05) is 12.5 Å². The molecule has 0 amide bonds. The third-order valence-electron chi connectivity index (χ3n) is 4.53. The van der Waals surface area contributed by atoms with E-state index in [9.17, 15) is 0 Å². The summed E-state index contributed by atoms with van der Waals surface area (Å²) in [6, 6.07) is 22.6. The molecule has 0 radical (unpaired) electrons. The van der Waals surface area contributed by atoms with Crippen LogP contribution in [0.3, 0.4) is 0 Å². The lowest BCUT2D eigenvalue weighted by atomic mass is 10.0. The fourth-order valence-corrected chi connectivity index (χ4v) is 3.02. The van der Waals surface area contributed by atoms with E-state index in [1.807, 2.05) is 43.3 Å². The van der Waals surface area contributed by atoms with Gasteiger partial charge in [0.1, 0.15) is 17.2 Å². The second-order valence-corrected chi connectivity index (χ2v) is 6.94. The lowest BCUT2D eigenvalue weighted by Gasteiger charge is -2.13. The Labute approximate surface area is 168 Å². The van der Waals surface area contributed by atoms with Gasteiger partial charge in [0.2, 0.25) is 0 Å². The Morgan fingerprint density at radius 2 is 1.61 bits per heavy atom. The maximum atomic E-state index is 6.23. The molecule has 2 nitrogen and oxygen atoms in total. The maximum Gasteiger partial charge on any atom is 0.131 e. The van der Waals surface area contributed by atoms with Crippen LogP contribution in [0.2, 0.25) is 0 Å². The molecule has 28 heavy (non-hydrogen) atoms. The van der Waals surface area contributed by atoms with Crippen molar-refractivity contribution in [2.24, 2.45) is 0 Å². The minimum absolute atomic E-state index is 0.660. The van der Waals surface area contributed by atoms with Crippen LogP contribution in [0.4, 0.5) is 0 Å². The highest BCUT2D eigenvalue weighted by Crippen LogP contribution is 2.32. The van der Waals surface area contributed by atoms with Gasteiger partial charge in [0.25, 0.3) is 0 Å². The Morgan fingerprint density at radius 3 is 2.39 bits per heavy atom. The van der Waals surface area contributed by atoms with E-state index in [4.69, 9.17) is 15.9 Å². The van der Waals surface area contributed by atoms with Gasteiger partial charge in [-0.3, -0.25) is 0 Å². The summed E-state index contributed by atoms with van der Waals surface area (Å²) in [5, 5.41) is 0. The predicted molar refractivity (Wildman–Crippen MR) is 116 cm³/mol. The Bertz CT molecular complexity index is 952. The largest absolute Gasteiger partial charge is 0.493 e. The van der Waals surface area contributed by atoms with Crippen LogP contribution in [-0.4, -0.2) is 6.61 Å². The summed E-state index contributed by atoms with van der Waals surface area (Å²) in [4.78, 5) is 0. The Morgan fingerprint density at radius 1 is 0.821 bits per heavy atom. The van der Waals surface area contributed by atoms with E-state index < -0.39 is 0 Å². The topological polar surface area (TPSA) is 18.5 Å². The summed E-state index contributed by atoms with van der Waals surface area (Å²) in [5.74, 6) is 5.12. The molecule has 0 saturated carbocycles. The van der Waals surface area contributed by atoms with Gasteiger partial charge in [-0.1, -0.05) is 42.5 Å². The average molecular weight is 370 g/mol. The number of rotatable bonds is 8. The number of hydrogen-bond acceptors (Lipinski definition) is 2. The summed E-state index contributed by atoms with van der Waals surface area (Å²) in [6.07, 6.45) is 8.02. The molecule has 0 aromatic heterocycles. The Balaban J connectivity index is 1.75. The summed E-state index contributed by atoms with van der Waals surface area (Å²) in [6.45, 7) is 4.77. The normalized spacial score (nSPS) is 10.3. The lowest BCUT2D eigenvalue weighted by molar-refractivity contribution is 0.306. The van der Waals surface area contributed by atoms with Gasteiger partial charge in [-0.25, -0.2) is 0 Å². The second-order valence-electron chi connectivity index (χ2n) is 6.94. The van der Waals surface area contributed by atoms with E-state index in [2.05, 4.69) is 43.2 Å². The quantitative estimate of drug-likeness (QED) is 0.316. The molecule has 0 bridgehead atoms. The minimum Gasteiger partial charge on any atom is -0.493 e. The zero-order chi connectivity index (χ0) is 19.8. The van der Waals surface area contributed by atoms with Gasteiger partial charge in [-0.15, -0.1) is 12.3 Å². The number of aryl methyl sites for hydroxylation is 2. The standard InChI is InChI=1S/C26H26O2/c1-4-5-6-10-15-27-24-16-20(2)17-25(19-24)28-26-18-23(14-13-21(26)3)22-11-8-7-9-12-22/h1,7-9,11-14,16-19H,5-6,10,15H2,2-3H3. The van der Waals surface area contributed by atoms with Gasteiger partial charge >= 0.3 is 0 Å². The molecule has 0 spiro atoms. The first-order chi connectivity index (χ1) is 13.7. The van der Waals surface area contributed by atoms with Gasteiger partial charge in [-0.05, 0) is 67.1 Å². The highest BCUT2D eigenvalue weighted by molar-refractivity contribution is 5.66. The third-order valence-corrected chi connectivity index (χ3v) is 4.53. The Hall–Kier alpha value is -3.18. The molecule has 0 heterocycles. The van der Waals surface area contributed by atoms with Crippen molar-refractivity contribution in [3.05, 3.63) is 77.9 Å². The molecular formula is C26H26O2. The number of benzene rings is 3. The molecule has 0 unspecified atom stereocenters. The zero-order valence-corrected chi connectivity index (χ0v) is 16.6. The Kier molecular flexibility index (Phi) is 6.76. The molecule has 2 heteroatoms. The molecule has 0 fully saturated rings. The molecule has 0 N–H and O–H groups in total. The van der Waals surface area contributed by atoms with Crippen molar-refractivity contribution in [3.63, 3.8) is 0 Å². The van der Waals surface area contributed by atoms with E-state index >= 15 is 0 Å². The van der Waals surface area contributed by atoms with Crippen LogP contribution in [0.1, 0.15) is 30.4 Å². The van der Waals surface area contributed by atoms with Crippen LogP contribution >= 0.6 is 0 Å². The van der Waals surface area contributed by atoms with E-state index in [0.29, 0.717) is 6.61 Å². The van der Waals surface area contributed by atoms with Crippen molar-refractivity contribution in [1.29, 1.82) is 0 Å². The first-order valence-corrected chi connectivity index (χ1v) is 9.67. The molecule has 0 aliphatic rings. The summed E-state index contributed by atoms with van der Waals surface area (Å²) in [5.41, 5.74) is 4.51. The molecule has 0 aliphatic carbocycles. The third kappa shape index (κ3) is 5.41. The summed E-state index contributed by atoms with van der Waals surface area (Å²) < 4.78 is 12.1. The second kappa shape index (κ2) is 9.67. The van der Waals surface area contributed by atoms with Crippen molar-refractivity contribution >= 4 is 0 Å². The monoisotopic (exact) mass is 370 g/mol. The molecule has 3 aromatic rings. The smallest absolute Gasteiger partial charge is 0.131 e. The highest BCUT2D eigenvalue weighted by atomic mass is 16.5. The predicted octanol–water partition coefficient (Wildman–Crippen LogP) is 6.95. The van der Waals surface area contributed by atoms with Gasteiger partial charge in [0.05, 0.1) is 6.61 Å². The average Bonchev–Trinajstić information content (AvgIpc) is 2.70. The van der Waals surface area contributed by atoms with Crippen LogP contribution in [0.25, 0.3) is 11.1 Å². The number of ether oxygens (including phenoxy) is 2.